The number of nitrogens with one attached hydrogen (secondary N) is 1. The molecule has 5 fully saturated rings. The molecule has 1 unspecified atom stereocenters. The minimum atomic E-state index is -0.905. The highest BCUT2D eigenvalue weighted by molar-refractivity contribution is 7.16. The number of thiophene rings is 1. The van der Waals surface area contributed by atoms with E-state index in [2.05, 4.69) is 31.3 Å². The van der Waals surface area contributed by atoms with Crippen molar-refractivity contribution in [2.75, 3.05) is 32.0 Å². The van der Waals surface area contributed by atoms with E-state index in [1.165, 1.54) is 11.3 Å². The standard InChI is InChI=1S/C30H34F2N10O2S/c1-28(5-2-4-20-21(28)17(11-33)22(34)45-20)26-37-24(40-44-26)23-36-25(30-10-16-8-18(32)19(12-35-30)42(16)30)39-27(38-23)43-14-29-6-3-7-41(29)13-15(31)9-29/h15-16,18-19,35H,2-10,12-14,34H2,1H3/t15-,16-,18+,19+,28+,29+,30?/m1/s1. The van der Waals surface area contributed by atoms with E-state index in [1.807, 2.05) is 6.92 Å². The van der Waals surface area contributed by atoms with Crippen molar-refractivity contribution in [3.8, 4) is 23.7 Å². The highest BCUT2D eigenvalue weighted by Gasteiger charge is 2.67. The molecule has 0 spiro atoms. The number of anilines is 1. The summed E-state index contributed by atoms with van der Waals surface area (Å²) in [7, 11) is 0. The molecule has 6 aliphatic rings. The summed E-state index contributed by atoms with van der Waals surface area (Å²) in [6.07, 6.45) is 4.10. The van der Waals surface area contributed by atoms with Crippen molar-refractivity contribution in [1.29, 1.82) is 5.26 Å². The fourth-order valence-electron chi connectivity index (χ4n) is 9.24. The quantitative estimate of drug-likeness (QED) is 0.409. The Bertz CT molecular complexity index is 1750. The van der Waals surface area contributed by atoms with Crippen LogP contribution >= 0.6 is 11.3 Å². The van der Waals surface area contributed by atoms with Crippen LogP contribution in [0, 0.1) is 11.3 Å². The zero-order valence-electron chi connectivity index (χ0n) is 24.9. The van der Waals surface area contributed by atoms with Crippen LogP contribution in [0.25, 0.3) is 11.6 Å². The Kier molecular flexibility index (Phi) is 5.96. The van der Waals surface area contributed by atoms with Gasteiger partial charge in [0.05, 0.1) is 22.6 Å². The van der Waals surface area contributed by atoms with Crippen molar-refractivity contribution in [3.63, 3.8) is 0 Å². The lowest BCUT2D eigenvalue weighted by atomic mass is 9.72. The van der Waals surface area contributed by atoms with E-state index in [0.717, 1.165) is 42.7 Å². The van der Waals surface area contributed by atoms with Gasteiger partial charge in [0, 0.05) is 42.4 Å². The summed E-state index contributed by atoms with van der Waals surface area (Å²) in [5.41, 5.74) is 5.74. The topological polar surface area (TPSA) is 155 Å². The number of aryl methyl sites for hydroxylation is 1. The number of fused-ring (bicyclic) bond motifs is 2. The predicted molar refractivity (Wildman–Crippen MR) is 158 cm³/mol. The summed E-state index contributed by atoms with van der Waals surface area (Å²) in [6.45, 7) is 4.03. The molecule has 15 heteroatoms. The van der Waals surface area contributed by atoms with Crippen LogP contribution in [0.5, 0.6) is 6.01 Å². The number of alkyl halides is 2. The first kappa shape index (κ1) is 27.9. The molecule has 3 aromatic rings. The molecule has 5 aliphatic heterocycles. The number of nitrogens with two attached hydrogens (primary N) is 1. The second-order valence-corrected chi connectivity index (χ2v) is 15.0. The third-order valence-electron chi connectivity index (χ3n) is 11.3. The summed E-state index contributed by atoms with van der Waals surface area (Å²) in [6, 6.07) is 2.28. The number of hydrogen-bond donors (Lipinski definition) is 2. The zero-order valence-corrected chi connectivity index (χ0v) is 25.7. The molecular formula is C30H34F2N10O2S. The van der Waals surface area contributed by atoms with Gasteiger partial charge in [-0.15, -0.1) is 11.3 Å². The maximum Gasteiger partial charge on any atom is 0.320 e. The van der Waals surface area contributed by atoms with E-state index >= 15 is 0 Å². The van der Waals surface area contributed by atoms with E-state index in [-0.39, 0.29) is 41.9 Å². The summed E-state index contributed by atoms with van der Waals surface area (Å²) in [5, 5.41) is 18.2. The van der Waals surface area contributed by atoms with Crippen LogP contribution in [0.15, 0.2) is 4.52 Å². The van der Waals surface area contributed by atoms with Crippen LogP contribution in [-0.4, -0.2) is 91.1 Å². The lowest BCUT2D eigenvalue weighted by Crippen LogP contribution is -2.64. The first-order valence-electron chi connectivity index (χ1n) is 15.9. The number of hydrogen-bond acceptors (Lipinski definition) is 13. The maximum absolute atomic E-state index is 14.8. The van der Waals surface area contributed by atoms with Gasteiger partial charge in [0.1, 0.15) is 35.7 Å². The van der Waals surface area contributed by atoms with Crippen LogP contribution in [0.3, 0.4) is 0 Å². The van der Waals surface area contributed by atoms with Gasteiger partial charge in [-0.25, -0.2) is 13.8 Å². The fraction of sp³-hybridized carbons (Fsp3) is 0.667. The number of nitrogens with zero attached hydrogens (tertiary/aromatic N) is 8. The van der Waals surface area contributed by atoms with Gasteiger partial charge in [-0.3, -0.25) is 15.1 Å². The van der Waals surface area contributed by atoms with Gasteiger partial charge in [-0.2, -0.15) is 20.2 Å². The van der Waals surface area contributed by atoms with E-state index in [9.17, 15) is 14.0 Å². The van der Waals surface area contributed by atoms with E-state index in [4.69, 9.17) is 29.9 Å². The average Bonchev–Trinajstić information content (AvgIpc) is 3.83. The van der Waals surface area contributed by atoms with Crippen LogP contribution in [-0.2, 0) is 17.5 Å². The fourth-order valence-corrected chi connectivity index (χ4v) is 10.4. The van der Waals surface area contributed by atoms with Crippen LogP contribution in [0.2, 0.25) is 0 Å². The Labute approximate surface area is 262 Å². The molecule has 45 heavy (non-hydrogen) atoms. The highest BCUT2D eigenvalue weighted by Crippen LogP contribution is 2.54. The summed E-state index contributed by atoms with van der Waals surface area (Å²) in [4.78, 5) is 24.5. The Hall–Kier alpha value is -3.32. The van der Waals surface area contributed by atoms with Gasteiger partial charge in [-0.05, 0) is 52.0 Å². The summed E-state index contributed by atoms with van der Waals surface area (Å²) in [5.74, 6) is 1.15. The normalized spacial score (nSPS) is 36.8. The number of halogens is 2. The molecule has 3 aromatic heterocycles. The van der Waals surface area contributed by atoms with Gasteiger partial charge in [-0.1, -0.05) is 5.16 Å². The van der Waals surface area contributed by atoms with Gasteiger partial charge in [0.15, 0.2) is 5.82 Å². The Morgan fingerprint density at radius 3 is 2.93 bits per heavy atom. The molecule has 0 radical (unpaired) electrons. The molecule has 0 bridgehead atoms. The molecule has 9 rings (SSSR count). The first-order valence-corrected chi connectivity index (χ1v) is 16.7. The second kappa shape index (κ2) is 9.60. The second-order valence-electron chi connectivity index (χ2n) is 13.8. The number of ether oxygens (including phenoxy) is 1. The van der Waals surface area contributed by atoms with E-state index in [0.29, 0.717) is 61.1 Å². The summed E-state index contributed by atoms with van der Waals surface area (Å²) < 4.78 is 41.5. The van der Waals surface area contributed by atoms with Crippen molar-refractivity contribution in [2.24, 2.45) is 0 Å². The van der Waals surface area contributed by atoms with Gasteiger partial charge >= 0.3 is 6.01 Å². The smallest absolute Gasteiger partial charge is 0.320 e. The Morgan fingerprint density at radius 1 is 1.18 bits per heavy atom. The molecule has 0 saturated carbocycles. The molecule has 0 aromatic carbocycles. The number of nitriles is 1. The number of nitrogen functional groups attached to an aromatic ring is 1. The molecule has 236 valence electrons. The maximum atomic E-state index is 14.8. The van der Waals surface area contributed by atoms with Crippen molar-refractivity contribution in [1.82, 2.24) is 40.2 Å². The number of aromatic nitrogens is 5. The van der Waals surface area contributed by atoms with Crippen LogP contribution in [0.1, 0.15) is 79.6 Å². The molecule has 5 saturated heterocycles. The lowest BCUT2D eigenvalue weighted by Gasteiger charge is -2.51. The molecule has 12 nitrogen and oxygen atoms in total. The van der Waals surface area contributed by atoms with Gasteiger partial charge < -0.3 is 15.0 Å². The van der Waals surface area contributed by atoms with Crippen molar-refractivity contribution < 1.29 is 18.0 Å². The highest BCUT2D eigenvalue weighted by atomic mass is 32.1. The predicted octanol–water partition coefficient (Wildman–Crippen LogP) is 2.98. The Morgan fingerprint density at radius 2 is 2.07 bits per heavy atom. The monoisotopic (exact) mass is 636 g/mol. The van der Waals surface area contributed by atoms with Crippen LogP contribution < -0.4 is 15.8 Å². The molecule has 0 amide bonds. The van der Waals surface area contributed by atoms with E-state index in [1.54, 1.807) is 0 Å². The largest absolute Gasteiger partial charge is 0.461 e. The molecular weight excluding hydrogens is 602 g/mol. The first-order chi connectivity index (χ1) is 21.7. The Balaban J connectivity index is 1.10. The lowest BCUT2D eigenvalue weighted by molar-refractivity contribution is -0.0588. The van der Waals surface area contributed by atoms with Crippen molar-refractivity contribution in [3.05, 3.63) is 27.7 Å². The molecule has 8 heterocycles. The molecule has 7 atom stereocenters. The molecule has 3 N–H and O–H groups in total. The van der Waals surface area contributed by atoms with Crippen molar-refractivity contribution in [2.45, 2.75) is 99.3 Å². The zero-order chi connectivity index (χ0) is 30.7. The van der Waals surface area contributed by atoms with Gasteiger partial charge in [0.25, 0.3) is 0 Å². The molecule has 1 aliphatic carbocycles. The van der Waals surface area contributed by atoms with Crippen LogP contribution in [0.4, 0.5) is 13.8 Å². The van der Waals surface area contributed by atoms with Crippen molar-refractivity contribution >= 4 is 16.3 Å². The average molecular weight is 637 g/mol. The minimum absolute atomic E-state index is 0.104. The minimum Gasteiger partial charge on any atom is -0.461 e. The third-order valence-corrected chi connectivity index (χ3v) is 12.4. The SMILES string of the molecule is C[C@]1(c2nc(-c3nc(OC[C@@]45CCCN4C[C@H](F)C5)nc(C45C[C@H]6C[C@H](F)[C@H](CN4)N65)n3)no2)CCCc2sc(N)c(C#N)c21. The van der Waals surface area contributed by atoms with E-state index < -0.39 is 23.4 Å². The number of rotatable bonds is 6. The summed E-state index contributed by atoms with van der Waals surface area (Å²) >= 11 is 1.44. The van der Waals surface area contributed by atoms with Gasteiger partial charge in [0.2, 0.25) is 17.5 Å². The third kappa shape index (κ3) is 3.85.